The van der Waals surface area contributed by atoms with Gasteiger partial charge in [0, 0.05) is 5.56 Å². The second kappa shape index (κ2) is 9.03. The Kier molecular flexibility index (Phi) is 6.49. The largest absolute Gasteiger partial charge is 0.497 e. The number of amides is 1. The first-order valence-corrected chi connectivity index (χ1v) is 9.86. The van der Waals surface area contributed by atoms with E-state index in [-0.39, 0.29) is 18.5 Å². The standard InChI is InChI=1S/C21H25N3O3S/c1-14(16-11-15(26-3)9-10-18(16)27-4)22-20(25)12-24(2)13-21-23-17-7-5-6-8-19(17)28-21/h5-11,14H,12-13H2,1-4H3,(H,22,25)/t14-/m1/s1. The molecular formula is C21H25N3O3S. The van der Waals surface area contributed by atoms with Crippen LogP contribution in [0, 0.1) is 0 Å². The number of benzene rings is 2. The number of hydrogen-bond donors (Lipinski definition) is 1. The molecular weight excluding hydrogens is 374 g/mol. The van der Waals surface area contributed by atoms with Gasteiger partial charge in [-0.1, -0.05) is 12.1 Å². The molecule has 0 spiro atoms. The topological polar surface area (TPSA) is 63.7 Å². The molecule has 1 N–H and O–H groups in total. The molecule has 0 saturated heterocycles. The van der Waals surface area contributed by atoms with E-state index in [0.29, 0.717) is 6.54 Å². The highest BCUT2D eigenvalue weighted by atomic mass is 32.1. The van der Waals surface area contributed by atoms with Crippen molar-refractivity contribution in [3.63, 3.8) is 0 Å². The molecule has 0 aliphatic carbocycles. The zero-order valence-electron chi connectivity index (χ0n) is 16.6. The lowest BCUT2D eigenvalue weighted by molar-refractivity contribution is -0.122. The maximum Gasteiger partial charge on any atom is 0.234 e. The van der Waals surface area contributed by atoms with E-state index >= 15 is 0 Å². The summed E-state index contributed by atoms with van der Waals surface area (Å²) in [5.74, 6) is 1.39. The Bertz CT molecular complexity index is 924. The third kappa shape index (κ3) is 4.79. The van der Waals surface area contributed by atoms with Gasteiger partial charge in [0.25, 0.3) is 0 Å². The van der Waals surface area contributed by atoms with E-state index in [1.807, 2.05) is 55.3 Å². The van der Waals surface area contributed by atoms with Crippen LogP contribution in [0.2, 0.25) is 0 Å². The molecule has 2 aromatic carbocycles. The average molecular weight is 400 g/mol. The molecule has 0 radical (unpaired) electrons. The summed E-state index contributed by atoms with van der Waals surface area (Å²) in [6, 6.07) is 13.4. The third-order valence-corrected chi connectivity index (χ3v) is 5.46. The number of fused-ring (bicyclic) bond motifs is 1. The minimum atomic E-state index is -0.201. The van der Waals surface area contributed by atoms with Crippen molar-refractivity contribution in [1.82, 2.24) is 15.2 Å². The summed E-state index contributed by atoms with van der Waals surface area (Å²) in [6.45, 7) is 2.85. The monoisotopic (exact) mass is 399 g/mol. The molecule has 0 fully saturated rings. The van der Waals surface area contributed by atoms with Crippen LogP contribution in [0.3, 0.4) is 0 Å². The number of rotatable bonds is 8. The van der Waals surface area contributed by atoms with Crippen molar-refractivity contribution in [2.24, 2.45) is 0 Å². The highest BCUT2D eigenvalue weighted by Crippen LogP contribution is 2.29. The van der Waals surface area contributed by atoms with Gasteiger partial charge in [-0.05, 0) is 44.3 Å². The van der Waals surface area contributed by atoms with E-state index < -0.39 is 0 Å². The average Bonchev–Trinajstić information content (AvgIpc) is 3.09. The van der Waals surface area contributed by atoms with Gasteiger partial charge in [-0.15, -0.1) is 11.3 Å². The summed E-state index contributed by atoms with van der Waals surface area (Å²) in [5.41, 5.74) is 1.88. The quantitative estimate of drug-likeness (QED) is 0.627. The molecule has 6 nitrogen and oxygen atoms in total. The Morgan fingerprint density at radius 3 is 2.71 bits per heavy atom. The van der Waals surface area contributed by atoms with Crippen LogP contribution < -0.4 is 14.8 Å². The number of ether oxygens (including phenoxy) is 2. The van der Waals surface area contributed by atoms with Gasteiger partial charge in [-0.2, -0.15) is 0 Å². The van der Waals surface area contributed by atoms with Crippen LogP contribution in [-0.2, 0) is 11.3 Å². The third-order valence-electron chi connectivity index (χ3n) is 4.44. The maximum absolute atomic E-state index is 12.5. The lowest BCUT2D eigenvalue weighted by Crippen LogP contribution is -2.36. The normalized spacial score (nSPS) is 12.2. The van der Waals surface area contributed by atoms with E-state index in [1.165, 1.54) is 0 Å². The first kappa shape index (κ1) is 20.1. The van der Waals surface area contributed by atoms with E-state index in [4.69, 9.17) is 9.47 Å². The van der Waals surface area contributed by atoms with Crippen molar-refractivity contribution >= 4 is 27.5 Å². The molecule has 0 aliphatic rings. The van der Waals surface area contributed by atoms with Crippen LogP contribution in [0.25, 0.3) is 10.2 Å². The molecule has 148 valence electrons. The van der Waals surface area contributed by atoms with E-state index in [9.17, 15) is 4.79 Å². The molecule has 1 aromatic heterocycles. The van der Waals surface area contributed by atoms with Crippen LogP contribution >= 0.6 is 11.3 Å². The number of aromatic nitrogens is 1. The van der Waals surface area contributed by atoms with Crippen LogP contribution in [0.4, 0.5) is 0 Å². The second-order valence-corrected chi connectivity index (χ2v) is 7.76. The zero-order valence-corrected chi connectivity index (χ0v) is 17.4. The Morgan fingerprint density at radius 1 is 1.21 bits per heavy atom. The number of carbonyl (C=O) groups is 1. The minimum absolute atomic E-state index is 0.0546. The molecule has 0 bridgehead atoms. The SMILES string of the molecule is COc1ccc(OC)c([C@@H](C)NC(=O)CN(C)Cc2nc3ccccc3s2)c1. The lowest BCUT2D eigenvalue weighted by Gasteiger charge is -2.20. The fourth-order valence-electron chi connectivity index (χ4n) is 3.06. The molecule has 0 saturated carbocycles. The van der Waals surface area contributed by atoms with Gasteiger partial charge in [0.1, 0.15) is 16.5 Å². The van der Waals surface area contributed by atoms with E-state index in [1.54, 1.807) is 25.6 Å². The van der Waals surface area contributed by atoms with Crippen molar-refractivity contribution in [3.05, 3.63) is 53.0 Å². The zero-order chi connectivity index (χ0) is 20.1. The van der Waals surface area contributed by atoms with Crippen molar-refractivity contribution in [2.45, 2.75) is 19.5 Å². The molecule has 3 aromatic rings. The van der Waals surface area contributed by atoms with Crippen molar-refractivity contribution < 1.29 is 14.3 Å². The van der Waals surface area contributed by atoms with E-state index in [2.05, 4.69) is 16.4 Å². The van der Waals surface area contributed by atoms with Crippen molar-refractivity contribution in [2.75, 3.05) is 27.8 Å². The lowest BCUT2D eigenvalue weighted by atomic mass is 10.1. The molecule has 1 amide bonds. The number of thiazole rings is 1. The minimum Gasteiger partial charge on any atom is -0.497 e. The molecule has 1 atom stereocenters. The fraction of sp³-hybridized carbons (Fsp3) is 0.333. The van der Waals surface area contributed by atoms with Gasteiger partial charge < -0.3 is 14.8 Å². The Balaban J connectivity index is 1.60. The number of hydrogen-bond acceptors (Lipinski definition) is 6. The fourth-order valence-corrected chi connectivity index (χ4v) is 4.11. The smallest absolute Gasteiger partial charge is 0.234 e. The van der Waals surface area contributed by atoms with Crippen LogP contribution in [0.1, 0.15) is 23.5 Å². The second-order valence-electron chi connectivity index (χ2n) is 6.64. The first-order chi connectivity index (χ1) is 13.5. The van der Waals surface area contributed by atoms with E-state index in [0.717, 1.165) is 32.3 Å². The number of nitrogens with zero attached hydrogens (tertiary/aromatic N) is 2. The Labute approximate surface area is 169 Å². The number of nitrogens with one attached hydrogen (secondary N) is 1. The summed E-state index contributed by atoms with van der Waals surface area (Å²) in [4.78, 5) is 19.1. The summed E-state index contributed by atoms with van der Waals surface area (Å²) in [5, 5.41) is 4.03. The van der Waals surface area contributed by atoms with Crippen LogP contribution in [0.5, 0.6) is 11.5 Å². The Morgan fingerprint density at radius 2 is 2.00 bits per heavy atom. The van der Waals surface area contributed by atoms with Crippen LogP contribution in [-0.4, -0.2) is 43.6 Å². The van der Waals surface area contributed by atoms with Gasteiger partial charge in [0.2, 0.25) is 5.91 Å². The summed E-state index contributed by atoms with van der Waals surface area (Å²) in [6.07, 6.45) is 0. The predicted molar refractivity (Wildman–Crippen MR) is 112 cm³/mol. The molecule has 7 heteroatoms. The summed E-state index contributed by atoms with van der Waals surface area (Å²) < 4.78 is 11.9. The number of methoxy groups -OCH3 is 2. The van der Waals surface area contributed by atoms with Crippen molar-refractivity contribution in [1.29, 1.82) is 0 Å². The number of carbonyl (C=O) groups excluding carboxylic acids is 1. The first-order valence-electron chi connectivity index (χ1n) is 9.04. The summed E-state index contributed by atoms with van der Waals surface area (Å²) >= 11 is 1.66. The summed E-state index contributed by atoms with van der Waals surface area (Å²) in [7, 11) is 5.15. The predicted octanol–water partition coefficient (Wildman–Crippen LogP) is 3.62. The molecule has 28 heavy (non-hydrogen) atoms. The number of likely N-dealkylation sites (N-methyl/N-ethyl adjacent to an activating group) is 1. The van der Waals surface area contributed by atoms with Crippen molar-refractivity contribution in [3.8, 4) is 11.5 Å². The van der Waals surface area contributed by atoms with Gasteiger partial charge in [-0.25, -0.2) is 4.98 Å². The Hall–Kier alpha value is -2.64. The van der Waals surface area contributed by atoms with Gasteiger partial charge in [0.05, 0.1) is 43.6 Å². The number of para-hydroxylation sites is 1. The maximum atomic E-state index is 12.5. The van der Waals surface area contributed by atoms with Gasteiger partial charge in [-0.3, -0.25) is 9.69 Å². The van der Waals surface area contributed by atoms with Gasteiger partial charge in [0.15, 0.2) is 0 Å². The van der Waals surface area contributed by atoms with Gasteiger partial charge >= 0.3 is 0 Å². The van der Waals surface area contributed by atoms with Crippen LogP contribution in [0.15, 0.2) is 42.5 Å². The molecule has 0 unspecified atom stereocenters. The molecule has 0 aliphatic heterocycles. The molecule has 1 heterocycles. The highest BCUT2D eigenvalue weighted by molar-refractivity contribution is 7.18. The highest BCUT2D eigenvalue weighted by Gasteiger charge is 2.17. The molecule has 3 rings (SSSR count).